The van der Waals surface area contributed by atoms with Crippen LogP contribution in [-0.2, 0) is 9.84 Å². The summed E-state index contributed by atoms with van der Waals surface area (Å²) in [5, 5.41) is 2.32. The minimum atomic E-state index is -3.19. The summed E-state index contributed by atoms with van der Waals surface area (Å²) in [6.07, 6.45) is 9.86. The van der Waals surface area contributed by atoms with Gasteiger partial charge in [0.05, 0.1) is 0 Å². The highest BCUT2D eigenvalue weighted by Crippen LogP contribution is 1.95. The first kappa shape index (κ1) is 11.9. The fraction of sp³-hybridized carbons (Fsp3) is 0.200. The van der Waals surface area contributed by atoms with E-state index >= 15 is 0 Å². The molecule has 0 aromatic carbocycles. The van der Waals surface area contributed by atoms with Crippen molar-refractivity contribution in [2.45, 2.75) is 13.8 Å². The van der Waals surface area contributed by atoms with Gasteiger partial charge in [-0.05, 0) is 13.8 Å². The van der Waals surface area contributed by atoms with E-state index in [2.05, 4.69) is 0 Å². The van der Waals surface area contributed by atoms with Crippen LogP contribution in [0.15, 0.2) is 47.3 Å². The molecule has 0 N–H and O–H groups in total. The van der Waals surface area contributed by atoms with Gasteiger partial charge in [0, 0.05) is 10.8 Å². The van der Waals surface area contributed by atoms with Crippen molar-refractivity contribution in [3.63, 3.8) is 0 Å². The van der Waals surface area contributed by atoms with Gasteiger partial charge >= 0.3 is 0 Å². The van der Waals surface area contributed by atoms with Gasteiger partial charge < -0.3 is 0 Å². The van der Waals surface area contributed by atoms with E-state index in [1.54, 1.807) is 24.3 Å². The molecule has 0 fully saturated rings. The lowest BCUT2D eigenvalue weighted by atomic mass is 10.5. The number of allylic oxidation sites excluding steroid dienone is 6. The molecule has 0 rings (SSSR count). The van der Waals surface area contributed by atoms with Crippen molar-refractivity contribution in [2.24, 2.45) is 0 Å². The summed E-state index contributed by atoms with van der Waals surface area (Å²) in [5.74, 6) is 0. The highest BCUT2D eigenvalue weighted by Gasteiger charge is 1.95. The van der Waals surface area contributed by atoms with E-state index in [0.29, 0.717) is 0 Å². The Hall–Kier alpha value is -1.09. The minimum Gasteiger partial charge on any atom is -0.220 e. The Kier molecular flexibility index (Phi) is 5.89. The fourth-order valence-electron chi connectivity index (χ4n) is 0.577. The van der Waals surface area contributed by atoms with E-state index in [9.17, 15) is 8.42 Å². The molecule has 0 aliphatic carbocycles. The van der Waals surface area contributed by atoms with Crippen LogP contribution in [0.5, 0.6) is 0 Å². The van der Waals surface area contributed by atoms with Crippen molar-refractivity contribution >= 4 is 9.84 Å². The number of sulfone groups is 1. The molecule has 0 amide bonds. The summed E-state index contributed by atoms with van der Waals surface area (Å²) >= 11 is 0. The Bertz CT molecular complexity index is 302. The Balaban J connectivity index is 4.42. The van der Waals surface area contributed by atoms with Crippen molar-refractivity contribution in [1.82, 2.24) is 0 Å². The number of rotatable bonds is 4. The van der Waals surface area contributed by atoms with E-state index < -0.39 is 9.84 Å². The first-order chi connectivity index (χ1) is 6.12. The van der Waals surface area contributed by atoms with Crippen LogP contribution in [0.1, 0.15) is 13.8 Å². The molecule has 13 heavy (non-hydrogen) atoms. The molecule has 0 saturated heterocycles. The molecule has 0 aliphatic rings. The van der Waals surface area contributed by atoms with E-state index in [1.165, 1.54) is 12.2 Å². The molecular weight excluding hydrogens is 184 g/mol. The summed E-state index contributed by atoms with van der Waals surface area (Å²) in [6.45, 7) is 3.65. The normalized spacial score (nSPS) is 14.3. The summed E-state index contributed by atoms with van der Waals surface area (Å²) in [6, 6.07) is 0. The average Bonchev–Trinajstić information content (AvgIpc) is 2.05. The predicted molar refractivity (Wildman–Crippen MR) is 56.8 cm³/mol. The third-order valence-corrected chi connectivity index (χ3v) is 2.22. The van der Waals surface area contributed by atoms with Crippen molar-refractivity contribution in [3.05, 3.63) is 47.3 Å². The lowest BCUT2D eigenvalue weighted by Gasteiger charge is -1.84. The molecule has 0 heterocycles. The molecule has 0 atom stereocenters. The molecule has 0 radical (unpaired) electrons. The van der Waals surface area contributed by atoms with Crippen LogP contribution in [0.2, 0.25) is 0 Å². The van der Waals surface area contributed by atoms with Gasteiger partial charge in [0.25, 0.3) is 0 Å². The maximum atomic E-state index is 11.1. The van der Waals surface area contributed by atoms with Crippen LogP contribution in [0.25, 0.3) is 0 Å². The molecule has 0 unspecified atom stereocenters. The van der Waals surface area contributed by atoms with Gasteiger partial charge in [-0.1, -0.05) is 36.5 Å². The second-order valence-corrected chi connectivity index (χ2v) is 4.02. The molecule has 0 aromatic heterocycles. The van der Waals surface area contributed by atoms with E-state index in [1.807, 2.05) is 13.8 Å². The first-order valence-corrected chi connectivity index (χ1v) is 5.57. The van der Waals surface area contributed by atoms with Crippen LogP contribution >= 0.6 is 0 Å². The van der Waals surface area contributed by atoms with E-state index in [-0.39, 0.29) is 0 Å². The molecule has 2 nitrogen and oxygen atoms in total. The van der Waals surface area contributed by atoms with Crippen molar-refractivity contribution < 1.29 is 8.42 Å². The third-order valence-electron chi connectivity index (χ3n) is 1.14. The second-order valence-electron chi connectivity index (χ2n) is 2.30. The van der Waals surface area contributed by atoms with Gasteiger partial charge in [0.15, 0.2) is 9.84 Å². The van der Waals surface area contributed by atoms with E-state index in [0.717, 1.165) is 10.8 Å². The lowest BCUT2D eigenvalue weighted by molar-refractivity contribution is 0.612. The molecule has 0 aliphatic heterocycles. The Morgan fingerprint density at radius 1 is 0.769 bits per heavy atom. The van der Waals surface area contributed by atoms with Crippen LogP contribution in [0, 0.1) is 0 Å². The zero-order chi connectivity index (χ0) is 10.2. The highest BCUT2D eigenvalue weighted by atomic mass is 32.2. The van der Waals surface area contributed by atoms with Gasteiger partial charge in [-0.15, -0.1) is 0 Å². The SMILES string of the molecule is CC=CC=CS(=O)(=O)C=CC=CC. The lowest BCUT2D eigenvalue weighted by Crippen LogP contribution is -1.86. The molecule has 0 bridgehead atoms. The fourth-order valence-corrected chi connectivity index (χ4v) is 1.29. The van der Waals surface area contributed by atoms with Gasteiger partial charge in [-0.25, -0.2) is 8.42 Å². The highest BCUT2D eigenvalue weighted by molar-refractivity contribution is 7.97. The quantitative estimate of drug-likeness (QED) is 0.651. The topological polar surface area (TPSA) is 34.1 Å². The van der Waals surface area contributed by atoms with Crippen molar-refractivity contribution in [2.75, 3.05) is 0 Å². The minimum absolute atomic E-state index is 1.16. The molecule has 72 valence electrons. The Morgan fingerprint density at radius 2 is 1.15 bits per heavy atom. The average molecular weight is 198 g/mol. The van der Waals surface area contributed by atoms with Gasteiger partial charge in [-0.2, -0.15) is 0 Å². The smallest absolute Gasteiger partial charge is 0.193 e. The predicted octanol–water partition coefficient (Wildman–Crippen LogP) is 2.58. The van der Waals surface area contributed by atoms with E-state index in [4.69, 9.17) is 0 Å². The van der Waals surface area contributed by atoms with Crippen molar-refractivity contribution in [1.29, 1.82) is 0 Å². The summed E-state index contributed by atoms with van der Waals surface area (Å²) < 4.78 is 22.3. The zero-order valence-corrected chi connectivity index (χ0v) is 8.66. The van der Waals surface area contributed by atoms with Crippen LogP contribution in [0.4, 0.5) is 0 Å². The zero-order valence-electron chi connectivity index (χ0n) is 7.84. The second kappa shape index (κ2) is 6.43. The van der Waals surface area contributed by atoms with Crippen molar-refractivity contribution in [3.8, 4) is 0 Å². The van der Waals surface area contributed by atoms with Gasteiger partial charge in [-0.3, -0.25) is 0 Å². The first-order valence-electron chi connectivity index (χ1n) is 3.96. The Labute approximate surface area is 79.9 Å². The largest absolute Gasteiger partial charge is 0.220 e. The maximum absolute atomic E-state index is 11.1. The van der Waals surface area contributed by atoms with Gasteiger partial charge in [0.2, 0.25) is 0 Å². The molecule has 0 saturated carbocycles. The third kappa shape index (κ3) is 7.28. The number of hydrogen-bond acceptors (Lipinski definition) is 2. The summed E-state index contributed by atoms with van der Waals surface area (Å²) in [5.41, 5.74) is 0. The van der Waals surface area contributed by atoms with Crippen LogP contribution in [-0.4, -0.2) is 8.42 Å². The molecular formula is C10H14O2S. The molecule has 0 spiro atoms. The van der Waals surface area contributed by atoms with Gasteiger partial charge in [0.1, 0.15) is 0 Å². The standard InChI is InChI=1S/C10H14O2S/c1-3-5-7-9-13(11,12)10-8-6-4-2/h3-10H,1-2H3. The molecule has 3 heteroatoms. The summed E-state index contributed by atoms with van der Waals surface area (Å²) in [4.78, 5) is 0. The van der Waals surface area contributed by atoms with Crippen LogP contribution < -0.4 is 0 Å². The number of hydrogen-bond donors (Lipinski definition) is 0. The Morgan fingerprint density at radius 3 is 1.46 bits per heavy atom. The summed E-state index contributed by atoms with van der Waals surface area (Å²) in [7, 11) is -3.19. The van der Waals surface area contributed by atoms with Crippen LogP contribution in [0.3, 0.4) is 0 Å². The molecule has 0 aromatic rings. The maximum Gasteiger partial charge on any atom is 0.193 e. The monoisotopic (exact) mass is 198 g/mol.